The maximum atomic E-state index is 13.0. The Hall–Kier alpha value is -1.11. The van der Waals surface area contributed by atoms with Crippen LogP contribution in [0.25, 0.3) is 0 Å². The minimum Gasteiger partial charge on any atom is -0.374 e. The minimum atomic E-state index is -3.44. The van der Waals surface area contributed by atoms with Crippen molar-refractivity contribution in [3.05, 3.63) is 23.8 Å². The van der Waals surface area contributed by atoms with E-state index in [-0.39, 0.29) is 12.1 Å². The van der Waals surface area contributed by atoms with Gasteiger partial charge in [0, 0.05) is 37.9 Å². The molecule has 1 aromatic rings. The zero-order valence-electron chi connectivity index (χ0n) is 13.3. The van der Waals surface area contributed by atoms with E-state index in [0.717, 1.165) is 37.9 Å². The predicted octanol–water partition coefficient (Wildman–Crippen LogP) is 1.57. The van der Waals surface area contributed by atoms with Crippen LogP contribution in [0.5, 0.6) is 0 Å². The number of benzene rings is 1. The highest BCUT2D eigenvalue weighted by Gasteiger charge is 2.34. The molecule has 2 heterocycles. The smallest absolute Gasteiger partial charge is 0.243 e. The van der Waals surface area contributed by atoms with Gasteiger partial charge in [-0.1, -0.05) is 6.07 Å². The summed E-state index contributed by atoms with van der Waals surface area (Å²) in [6.07, 6.45) is 3.60. The van der Waals surface area contributed by atoms with E-state index in [9.17, 15) is 8.42 Å². The highest BCUT2D eigenvalue weighted by Crippen LogP contribution is 2.31. The summed E-state index contributed by atoms with van der Waals surface area (Å²) in [5, 5.41) is 0. The molecular formula is C16H25N3O2S. The summed E-state index contributed by atoms with van der Waals surface area (Å²) in [5.74, 6) is 0. The topological polar surface area (TPSA) is 66.6 Å². The van der Waals surface area contributed by atoms with Crippen molar-refractivity contribution in [1.29, 1.82) is 0 Å². The zero-order chi connectivity index (χ0) is 15.9. The van der Waals surface area contributed by atoms with Crippen molar-refractivity contribution < 1.29 is 8.42 Å². The number of hydrogen-bond acceptors (Lipinski definition) is 4. The quantitative estimate of drug-likeness (QED) is 0.897. The van der Waals surface area contributed by atoms with Gasteiger partial charge in [-0.05, 0) is 50.3 Å². The van der Waals surface area contributed by atoms with Gasteiger partial charge in [0.05, 0.1) is 4.90 Å². The van der Waals surface area contributed by atoms with E-state index in [1.54, 1.807) is 10.4 Å². The van der Waals surface area contributed by atoms with E-state index in [1.807, 2.05) is 26.1 Å². The number of nitrogens with two attached hydrogens (primary N) is 1. The number of hydrogen-bond donors (Lipinski definition) is 1. The van der Waals surface area contributed by atoms with Crippen LogP contribution in [0.3, 0.4) is 0 Å². The van der Waals surface area contributed by atoms with Gasteiger partial charge >= 0.3 is 0 Å². The fourth-order valence-corrected chi connectivity index (χ4v) is 5.25. The third kappa shape index (κ3) is 2.75. The Morgan fingerprint density at radius 3 is 2.77 bits per heavy atom. The van der Waals surface area contributed by atoms with E-state index in [2.05, 4.69) is 4.90 Å². The molecule has 22 heavy (non-hydrogen) atoms. The van der Waals surface area contributed by atoms with Crippen LogP contribution in [0.2, 0.25) is 0 Å². The molecule has 0 radical (unpaired) electrons. The first-order chi connectivity index (χ1) is 10.4. The molecule has 0 aromatic heterocycles. The van der Waals surface area contributed by atoms with E-state index >= 15 is 0 Å². The molecule has 2 aliphatic heterocycles. The van der Waals surface area contributed by atoms with Crippen LogP contribution in [0.1, 0.15) is 31.7 Å². The SMILES string of the molecule is CC1CC(N)CCN1S(=O)(=O)c1ccc2c(c1)N(C)CCC2. The zero-order valence-corrected chi connectivity index (χ0v) is 14.1. The van der Waals surface area contributed by atoms with Crippen LogP contribution in [-0.2, 0) is 16.4 Å². The third-order valence-corrected chi connectivity index (χ3v) is 6.88. The first-order valence-corrected chi connectivity index (χ1v) is 9.45. The van der Waals surface area contributed by atoms with Gasteiger partial charge in [0.15, 0.2) is 0 Å². The number of rotatable bonds is 2. The number of anilines is 1. The molecule has 0 aliphatic carbocycles. The molecule has 0 spiro atoms. The normalized spacial score (nSPS) is 26.8. The Labute approximate surface area is 133 Å². The van der Waals surface area contributed by atoms with Gasteiger partial charge in [0.1, 0.15) is 0 Å². The number of aryl methyl sites for hydroxylation is 1. The summed E-state index contributed by atoms with van der Waals surface area (Å²) in [4.78, 5) is 2.55. The van der Waals surface area contributed by atoms with E-state index < -0.39 is 10.0 Å². The predicted molar refractivity (Wildman–Crippen MR) is 88.6 cm³/mol. The fraction of sp³-hybridized carbons (Fsp3) is 0.625. The lowest BCUT2D eigenvalue weighted by Gasteiger charge is -2.35. The van der Waals surface area contributed by atoms with Crippen LogP contribution in [0, 0.1) is 0 Å². The van der Waals surface area contributed by atoms with Crippen LogP contribution < -0.4 is 10.6 Å². The Balaban J connectivity index is 1.94. The van der Waals surface area contributed by atoms with E-state index in [0.29, 0.717) is 11.4 Å². The lowest BCUT2D eigenvalue weighted by atomic mass is 10.0. The van der Waals surface area contributed by atoms with Crippen molar-refractivity contribution in [1.82, 2.24) is 4.31 Å². The molecule has 122 valence electrons. The monoisotopic (exact) mass is 323 g/mol. The third-order valence-electron chi connectivity index (χ3n) is 4.87. The lowest BCUT2D eigenvalue weighted by Crippen LogP contribution is -2.48. The second-order valence-electron chi connectivity index (χ2n) is 6.56. The Morgan fingerprint density at radius 1 is 1.27 bits per heavy atom. The van der Waals surface area contributed by atoms with Crippen LogP contribution in [-0.4, -0.2) is 44.9 Å². The molecule has 5 nitrogen and oxygen atoms in total. The molecule has 2 N–H and O–H groups in total. The van der Waals surface area contributed by atoms with Crippen molar-refractivity contribution in [3.63, 3.8) is 0 Å². The van der Waals surface area contributed by atoms with Crippen LogP contribution in [0.4, 0.5) is 5.69 Å². The van der Waals surface area contributed by atoms with Crippen molar-refractivity contribution in [2.45, 2.75) is 49.6 Å². The summed E-state index contributed by atoms with van der Waals surface area (Å²) >= 11 is 0. The second kappa shape index (κ2) is 5.83. The molecule has 6 heteroatoms. The Kier molecular flexibility index (Phi) is 4.18. The number of sulfonamides is 1. The van der Waals surface area contributed by atoms with Crippen molar-refractivity contribution in [2.24, 2.45) is 5.73 Å². The molecule has 0 saturated carbocycles. The maximum absolute atomic E-state index is 13.0. The molecule has 2 aliphatic rings. The number of fused-ring (bicyclic) bond motifs is 1. The van der Waals surface area contributed by atoms with Gasteiger partial charge in [-0.15, -0.1) is 0 Å². The molecule has 1 fully saturated rings. The minimum absolute atomic E-state index is 0.0393. The molecule has 2 atom stereocenters. The molecule has 3 rings (SSSR count). The second-order valence-corrected chi connectivity index (χ2v) is 8.46. The van der Waals surface area contributed by atoms with E-state index in [1.165, 1.54) is 5.56 Å². The summed E-state index contributed by atoms with van der Waals surface area (Å²) < 4.78 is 27.5. The highest BCUT2D eigenvalue weighted by molar-refractivity contribution is 7.89. The molecule has 2 unspecified atom stereocenters. The molecule has 0 amide bonds. The molecule has 1 saturated heterocycles. The fourth-order valence-electron chi connectivity index (χ4n) is 3.58. The summed E-state index contributed by atoms with van der Waals surface area (Å²) in [6.45, 7) is 3.43. The van der Waals surface area contributed by atoms with Crippen molar-refractivity contribution in [2.75, 3.05) is 25.0 Å². The van der Waals surface area contributed by atoms with Crippen molar-refractivity contribution in [3.8, 4) is 0 Å². The molecule has 0 bridgehead atoms. The van der Waals surface area contributed by atoms with Crippen molar-refractivity contribution >= 4 is 15.7 Å². The summed E-state index contributed by atoms with van der Waals surface area (Å²) in [7, 11) is -1.42. The Bertz CT molecular complexity index is 659. The van der Waals surface area contributed by atoms with Gasteiger partial charge in [-0.3, -0.25) is 0 Å². The number of nitrogens with zero attached hydrogens (tertiary/aromatic N) is 2. The van der Waals surface area contributed by atoms with Gasteiger partial charge in [-0.25, -0.2) is 8.42 Å². The van der Waals surface area contributed by atoms with Crippen LogP contribution in [0.15, 0.2) is 23.1 Å². The average molecular weight is 323 g/mol. The molecule has 1 aromatic carbocycles. The van der Waals surface area contributed by atoms with Gasteiger partial charge < -0.3 is 10.6 Å². The maximum Gasteiger partial charge on any atom is 0.243 e. The highest BCUT2D eigenvalue weighted by atomic mass is 32.2. The lowest BCUT2D eigenvalue weighted by molar-refractivity contribution is 0.247. The van der Waals surface area contributed by atoms with Gasteiger partial charge in [0.2, 0.25) is 10.0 Å². The van der Waals surface area contributed by atoms with Gasteiger partial charge in [-0.2, -0.15) is 4.31 Å². The average Bonchev–Trinajstić information content (AvgIpc) is 2.47. The van der Waals surface area contributed by atoms with Gasteiger partial charge in [0.25, 0.3) is 0 Å². The molecular weight excluding hydrogens is 298 g/mol. The first-order valence-electron chi connectivity index (χ1n) is 8.01. The first kappa shape index (κ1) is 15.8. The largest absolute Gasteiger partial charge is 0.374 e. The Morgan fingerprint density at radius 2 is 2.05 bits per heavy atom. The van der Waals surface area contributed by atoms with E-state index in [4.69, 9.17) is 5.73 Å². The number of piperidine rings is 1. The standard InChI is InChI=1S/C16H25N3O2S/c1-12-10-14(17)7-9-19(12)22(20,21)15-6-5-13-4-3-8-18(2)16(13)11-15/h5-6,11-12,14H,3-4,7-10,17H2,1-2H3. The summed E-state index contributed by atoms with van der Waals surface area (Å²) in [5.41, 5.74) is 8.24. The summed E-state index contributed by atoms with van der Waals surface area (Å²) in [6, 6.07) is 5.64. The van der Waals surface area contributed by atoms with Crippen LogP contribution >= 0.6 is 0 Å².